The van der Waals surface area contributed by atoms with Crippen molar-refractivity contribution in [1.29, 1.82) is 0 Å². The molecule has 0 aliphatic heterocycles. The van der Waals surface area contributed by atoms with E-state index >= 15 is 0 Å². The Balaban J connectivity index is 5.10. The van der Waals surface area contributed by atoms with Crippen LogP contribution < -0.4 is 5.32 Å². The first-order valence-corrected chi connectivity index (χ1v) is 8.26. The van der Waals surface area contributed by atoms with E-state index in [9.17, 15) is 29.1 Å². The van der Waals surface area contributed by atoms with Gasteiger partial charge in [0, 0.05) is 6.42 Å². The molecule has 0 saturated carbocycles. The zero-order chi connectivity index (χ0) is 20.1. The third-order valence-electron chi connectivity index (χ3n) is 3.13. The molecule has 10 nitrogen and oxygen atoms in total. The average molecular weight is 375 g/mol. The number of carboxylic acids is 1. The van der Waals surface area contributed by atoms with Gasteiger partial charge in [0.25, 0.3) is 0 Å². The number of carboxylic acid groups (broad SMARTS) is 1. The Morgan fingerprint density at radius 2 is 1.38 bits per heavy atom. The molecule has 2 atom stereocenters. The highest BCUT2D eigenvalue weighted by Crippen LogP contribution is 2.14. The minimum Gasteiger partial charge on any atom is -0.480 e. The van der Waals surface area contributed by atoms with Gasteiger partial charge in [-0.15, -0.1) is 0 Å². The summed E-state index contributed by atoms with van der Waals surface area (Å²) < 4.78 is 14.2. The molecule has 26 heavy (non-hydrogen) atoms. The zero-order valence-electron chi connectivity index (χ0n) is 15.1. The minimum atomic E-state index is -1.70. The third-order valence-corrected chi connectivity index (χ3v) is 3.13. The number of amides is 1. The van der Waals surface area contributed by atoms with Gasteiger partial charge in [-0.3, -0.25) is 19.2 Å². The number of carbonyl (C=O) groups is 5. The van der Waals surface area contributed by atoms with Gasteiger partial charge in [0.15, 0.2) is 0 Å². The Morgan fingerprint density at radius 1 is 0.846 bits per heavy atom. The summed E-state index contributed by atoms with van der Waals surface area (Å²) in [7, 11) is 0. The minimum absolute atomic E-state index is 0.0265. The molecule has 0 heterocycles. The van der Waals surface area contributed by atoms with Crippen LogP contribution in [0.4, 0.5) is 0 Å². The van der Waals surface area contributed by atoms with Gasteiger partial charge in [-0.25, -0.2) is 4.79 Å². The summed E-state index contributed by atoms with van der Waals surface area (Å²) in [6, 6.07) is -1.70. The van der Waals surface area contributed by atoms with Crippen molar-refractivity contribution in [1.82, 2.24) is 5.32 Å². The van der Waals surface area contributed by atoms with Crippen molar-refractivity contribution in [2.24, 2.45) is 5.92 Å². The van der Waals surface area contributed by atoms with Crippen LogP contribution in [0.2, 0.25) is 0 Å². The number of esters is 3. The number of hydrogen-bond donors (Lipinski definition) is 2. The second-order valence-corrected chi connectivity index (χ2v) is 5.06. The van der Waals surface area contributed by atoms with Crippen LogP contribution >= 0.6 is 0 Å². The first-order valence-electron chi connectivity index (χ1n) is 8.26. The van der Waals surface area contributed by atoms with Crippen LogP contribution in [0.25, 0.3) is 0 Å². The van der Waals surface area contributed by atoms with E-state index in [4.69, 9.17) is 9.47 Å². The van der Waals surface area contributed by atoms with Crippen LogP contribution in [0.15, 0.2) is 0 Å². The largest absolute Gasteiger partial charge is 0.480 e. The van der Waals surface area contributed by atoms with Crippen LogP contribution in [0.1, 0.15) is 40.0 Å². The molecular formula is C16H25NO9. The van der Waals surface area contributed by atoms with Gasteiger partial charge in [0.2, 0.25) is 5.91 Å². The topological polar surface area (TPSA) is 145 Å². The maximum Gasteiger partial charge on any atom is 0.327 e. The van der Waals surface area contributed by atoms with Gasteiger partial charge < -0.3 is 24.6 Å². The van der Waals surface area contributed by atoms with E-state index in [-0.39, 0.29) is 32.7 Å². The van der Waals surface area contributed by atoms with Crippen molar-refractivity contribution in [2.45, 2.75) is 46.1 Å². The second-order valence-electron chi connectivity index (χ2n) is 5.06. The van der Waals surface area contributed by atoms with Crippen molar-refractivity contribution in [3.05, 3.63) is 0 Å². The lowest BCUT2D eigenvalue weighted by atomic mass is 9.95. The summed E-state index contributed by atoms with van der Waals surface area (Å²) in [6.45, 7) is 4.87. The molecule has 0 aromatic heterocycles. The van der Waals surface area contributed by atoms with E-state index in [2.05, 4.69) is 10.1 Å². The lowest BCUT2D eigenvalue weighted by Crippen LogP contribution is -2.49. The molecule has 0 bridgehead atoms. The number of ether oxygens (including phenoxy) is 3. The quantitative estimate of drug-likeness (QED) is 0.356. The summed E-state index contributed by atoms with van der Waals surface area (Å²) in [5.74, 6) is -6.10. The van der Waals surface area contributed by atoms with E-state index in [0.29, 0.717) is 0 Å². The number of nitrogens with one attached hydrogen (secondary N) is 1. The maximum absolute atomic E-state index is 12.0. The number of aliphatic carboxylic acids is 1. The van der Waals surface area contributed by atoms with E-state index in [1.807, 2.05) is 0 Å². The molecule has 0 unspecified atom stereocenters. The van der Waals surface area contributed by atoms with Crippen LogP contribution in [0.5, 0.6) is 0 Å². The van der Waals surface area contributed by atoms with E-state index in [0.717, 1.165) is 0 Å². The molecular weight excluding hydrogens is 350 g/mol. The Hall–Kier alpha value is -2.65. The van der Waals surface area contributed by atoms with Crippen LogP contribution in [0.3, 0.4) is 0 Å². The van der Waals surface area contributed by atoms with Crippen molar-refractivity contribution < 1.29 is 43.3 Å². The third kappa shape index (κ3) is 9.00. The van der Waals surface area contributed by atoms with Gasteiger partial charge in [-0.2, -0.15) is 0 Å². The van der Waals surface area contributed by atoms with Gasteiger partial charge in [-0.05, 0) is 20.8 Å². The van der Waals surface area contributed by atoms with Crippen molar-refractivity contribution in [3.8, 4) is 0 Å². The standard InChI is InChI=1S/C16H25NO9/c1-4-24-12(19)8-7-11(18)17-14(15(21)22)10(16(23)26-6-3)9-13(20)25-5-2/h10,14H,4-9H2,1-3H3,(H,17,18)(H,21,22)/t10-,14-/m0/s1. The molecule has 10 heteroatoms. The highest BCUT2D eigenvalue weighted by molar-refractivity contribution is 5.91. The molecule has 2 N–H and O–H groups in total. The molecule has 0 rings (SSSR count). The molecule has 0 saturated heterocycles. The molecule has 1 amide bonds. The highest BCUT2D eigenvalue weighted by atomic mass is 16.5. The fourth-order valence-corrected chi connectivity index (χ4v) is 2.01. The SMILES string of the molecule is CCOC(=O)CCC(=O)N[C@H](C(=O)O)[C@H](CC(=O)OCC)C(=O)OCC. The van der Waals surface area contributed by atoms with Crippen LogP contribution in [-0.4, -0.2) is 60.8 Å². The smallest absolute Gasteiger partial charge is 0.327 e. The monoisotopic (exact) mass is 375 g/mol. The number of rotatable bonds is 12. The lowest BCUT2D eigenvalue weighted by molar-refractivity contribution is -0.160. The van der Waals surface area contributed by atoms with Gasteiger partial charge in [0.05, 0.1) is 38.6 Å². The first kappa shape index (κ1) is 23.4. The zero-order valence-corrected chi connectivity index (χ0v) is 15.1. The highest BCUT2D eigenvalue weighted by Gasteiger charge is 2.38. The summed E-state index contributed by atoms with van der Waals surface area (Å²) in [4.78, 5) is 58.4. The maximum atomic E-state index is 12.0. The number of carbonyl (C=O) groups excluding carboxylic acids is 4. The van der Waals surface area contributed by atoms with Crippen molar-refractivity contribution >= 4 is 29.8 Å². The Labute approximate surface area is 151 Å². The fraction of sp³-hybridized carbons (Fsp3) is 0.688. The van der Waals surface area contributed by atoms with Crippen molar-refractivity contribution in [2.75, 3.05) is 19.8 Å². The molecule has 0 aliphatic rings. The fourth-order valence-electron chi connectivity index (χ4n) is 2.01. The lowest BCUT2D eigenvalue weighted by Gasteiger charge is -2.22. The predicted molar refractivity (Wildman–Crippen MR) is 86.8 cm³/mol. The average Bonchev–Trinajstić information content (AvgIpc) is 2.56. The van der Waals surface area contributed by atoms with E-state index in [1.165, 1.54) is 6.92 Å². The Kier molecular flexibility index (Phi) is 11.4. The predicted octanol–water partition coefficient (Wildman–Crippen LogP) is 0.0316. The summed E-state index contributed by atoms with van der Waals surface area (Å²) in [6.07, 6.45) is -1.13. The normalized spacial score (nSPS) is 12.4. The van der Waals surface area contributed by atoms with E-state index < -0.39 is 48.2 Å². The van der Waals surface area contributed by atoms with Crippen LogP contribution in [0, 0.1) is 5.92 Å². The molecule has 0 aromatic rings. The number of hydrogen-bond acceptors (Lipinski definition) is 8. The van der Waals surface area contributed by atoms with Crippen LogP contribution in [-0.2, 0) is 38.2 Å². The summed E-state index contributed by atoms with van der Waals surface area (Å²) in [5.41, 5.74) is 0. The van der Waals surface area contributed by atoms with Gasteiger partial charge in [-0.1, -0.05) is 0 Å². The molecule has 148 valence electrons. The second kappa shape index (κ2) is 12.7. The summed E-state index contributed by atoms with van der Waals surface area (Å²) in [5, 5.41) is 11.5. The summed E-state index contributed by atoms with van der Waals surface area (Å²) >= 11 is 0. The first-order chi connectivity index (χ1) is 12.3. The van der Waals surface area contributed by atoms with Gasteiger partial charge >= 0.3 is 23.9 Å². The van der Waals surface area contributed by atoms with Crippen molar-refractivity contribution in [3.63, 3.8) is 0 Å². The van der Waals surface area contributed by atoms with E-state index in [1.54, 1.807) is 13.8 Å². The molecule has 0 aromatic carbocycles. The molecule has 0 radical (unpaired) electrons. The Bertz CT molecular complexity index is 518. The molecule has 0 spiro atoms. The van der Waals surface area contributed by atoms with Gasteiger partial charge in [0.1, 0.15) is 6.04 Å². The molecule has 0 fully saturated rings. The Morgan fingerprint density at radius 3 is 1.88 bits per heavy atom. The molecule has 0 aliphatic carbocycles.